The summed E-state index contributed by atoms with van der Waals surface area (Å²) in [6, 6.07) is 9.71. The van der Waals surface area contributed by atoms with E-state index in [0.29, 0.717) is 11.1 Å². The Morgan fingerprint density at radius 1 is 0.839 bits per heavy atom. The van der Waals surface area contributed by atoms with Crippen LogP contribution < -0.4 is 0 Å². The molecule has 0 saturated heterocycles. The number of carbonyl (C=O) groups excluding carboxylic acids is 2. The first-order chi connectivity index (χ1) is 15.2. The maximum atomic E-state index is 12.8. The summed E-state index contributed by atoms with van der Waals surface area (Å²) >= 11 is 1.84. The quantitative estimate of drug-likeness (QED) is 0.132. The third-order valence-electron chi connectivity index (χ3n) is 6.02. The molecule has 2 amide bonds. The predicted octanol–water partition coefficient (Wildman–Crippen LogP) is 7.63. The minimum absolute atomic E-state index is 0.222. The predicted molar refractivity (Wildman–Crippen MR) is 132 cm³/mol. The Hall–Kier alpha value is -2.07. The number of thioether (sulfide) groups is 1. The molecule has 0 aromatic heterocycles. The molecular weight excluding hydrogens is 402 g/mol. The van der Waals surface area contributed by atoms with E-state index in [1.807, 2.05) is 42.1 Å². The third-order valence-corrected chi connectivity index (χ3v) is 7.18. The Morgan fingerprint density at radius 3 is 2.10 bits per heavy atom. The van der Waals surface area contributed by atoms with Gasteiger partial charge in [-0.15, -0.1) is 18.3 Å². The van der Waals surface area contributed by atoms with Gasteiger partial charge in [0, 0.05) is 28.0 Å². The van der Waals surface area contributed by atoms with Crippen molar-refractivity contribution in [2.24, 2.45) is 0 Å². The zero-order chi connectivity index (χ0) is 22.1. The molecule has 31 heavy (non-hydrogen) atoms. The average molecular weight is 438 g/mol. The zero-order valence-corrected chi connectivity index (χ0v) is 19.6. The summed E-state index contributed by atoms with van der Waals surface area (Å²) in [5.41, 5.74) is 1.24. The smallest absolute Gasteiger partial charge is 0.261 e. The van der Waals surface area contributed by atoms with Crippen LogP contribution in [0.2, 0.25) is 0 Å². The fourth-order valence-corrected chi connectivity index (χ4v) is 5.37. The van der Waals surface area contributed by atoms with Crippen LogP contribution in [-0.2, 0) is 0 Å². The van der Waals surface area contributed by atoms with Gasteiger partial charge in [0.25, 0.3) is 11.8 Å². The van der Waals surface area contributed by atoms with Crippen molar-refractivity contribution in [3.05, 3.63) is 54.1 Å². The number of imide groups is 1. The van der Waals surface area contributed by atoms with Crippen LogP contribution in [0.5, 0.6) is 0 Å². The highest BCUT2D eigenvalue weighted by Gasteiger charge is 2.32. The van der Waals surface area contributed by atoms with Gasteiger partial charge in [-0.3, -0.25) is 14.5 Å². The summed E-state index contributed by atoms with van der Waals surface area (Å²) in [6.07, 6.45) is 15.0. The van der Waals surface area contributed by atoms with Crippen molar-refractivity contribution < 1.29 is 9.59 Å². The van der Waals surface area contributed by atoms with E-state index in [4.69, 9.17) is 0 Å². The normalized spacial score (nSPS) is 13.3. The lowest BCUT2D eigenvalue weighted by Crippen LogP contribution is -2.40. The first kappa shape index (κ1) is 23.6. The molecule has 1 heterocycles. The van der Waals surface area contributed by atoms with Gasteiger partial charge < -0.3 is 0 Å². The van der Waals surface area contributed by atoms with Crippen molar-refractivity contribution in [2.45, 2.75) is 76.0 Å². The molecule has 0 aliphatic carbocycles. The van der Waals surface area contributed by atoms with Crippen molar-refractivity contribution in [1.29, 1.82) is 0 Å². The lowest BCUT2D eigenvalue weighted by molar-refractivity contribution is 0.0629. The van der Waals surface area contributed by atoms with Crippen LogP contribution in [0.1, 0.15) is 91.8 Å². The zero-order valence-electron chi connectivity index (χ0n) is 18.8. The molecule has 0 atom stereocenters. The Kier molecular flexibility index (Phi) is 9.20. The van der Waals surface area contributed by atoms with Crippen LogP contribution in [0.15, 0.2) is 47.9 Å². The first-order valence-electron chi connectivity index (χ1n) is 11.8. The van der Waals surface area contributed by atoms with Crippen molar-refractivity contribution in [3.63, 3.8) is 0 Å². The van der Waals surface area contributed by atoms with Gasteiger partial charge in [0.1, 0.15) is 0 Å². The first-order valence-corrected chi connectivity index (χ1v) is 12.8. The molecule has 166 valence electrons. The summed E-state index contributed by atoms with van der Waals surface area (Å²) in [7, 11) is 0. The number of nitrogens with zero attached hydrogens (tertiary/aromatic N) is 1. The average Bonchev–Trinajstić information content (AvgIpc) is 2.79. The fourth-order valence-electron chi connectivity index (χ4n) is 4.31. The molecular formula is C27H35NO2S. The summed E-state index contributed by atoms with van der Waals surface area (Å²) in [5, 5.41) is 1.83. The van der Waals surface area contributed by atoms with Gasteiger partial charge in [0.15, 0.2) is 0 Å². The van der Waals surface area contributed by atoms with E-state index < -0.39 is 0 Å². The van der Waals surface area contributed by atoms with Crippen LogP contribution in [0.4, 0.5) is 0 Å². The molecule has 0 unspecified atom stereocenters. The van der Waals surface area contributed by atoms with E-state index >= 15 is 0 Å². The van der Waals surface area contributed by atoms with Crippen LogP contribution in [-0.4, -0.2) is 29.0 Å². The topological polar surface area (TPSA) is 37.4 Å². The van der Waals surface area contributed by atoms with Crippen LogP contribution in [0, 0.1) is 0 Å². The monoisotopic (exact) mass is 437 g/mol. The second-order valence-corrected chi connectivity index (χ2v) is 9.52. The van der Waals surface area contributed by atoms with E-state index in [-0.39, 0.29) is 18.4 Å². The number of hydrogen-bond acceptors (Lipinski definition) is 3. The molecule has 0 N–H and O–H groups in total. The molecule has 0 saturated carbocycles. The number of benzene rings is 2. The Morgan fingerprint density at radius 2 is 1.45 bits per heavy atom. The minimum atomic E-state index is -0.222. The lowest BCUT2D eigenvalue weighted by Gasteiger charge is -2.26. The lowest BCUT2D eigenvalue weighted by atomic mass is 9.94. The van der Waals surface area contributed by atoms with Crippen molar-refractivity contribution >= 4 is 34.3 Å². The molecule has 0 fully saturated rings. The van der Waals surface area contributed by atoms with Gasteiger partial charge >= 0.3 is 0 Å². The van der Waals surface area contributed by atoms with Crippen LogP contribution in [0.25, 0.3) is 10.8 Å². The van der Waals surface area contributed by atoms with Gasteiger partial charge in [-0.1, -0.05) is 82.9 Å². The summed E-state index contributed by atoms with van der Waals surface area (Å²) < 4.78 is 0. The Balaban J connectivity index is 1.53. The van der Waals surface area contributed by atoms with Gasteiger partial charge in [0.2, 0.25) is 0 Å². The maximum absolute atomic E-state index is 12.8. The van der Waals surface area contributed by atoms with Gasteiger partial charge in [-0.25, -0.2) is 0 Å². The molecule has 4 heteroatoms. The van der Waals surface area contributed by atoms with E-state index in [9.17, 15) is 9.59 Å². The molecule has 0 bridgehead atoms. The molecule has 2 aromatic rings. The second-order valence-electron chi connectivity index (χ2n) is 8.38. The van der Waals surface area contributed by atoms with Crippen LogP contribution in [0.3, 0.4) is 0 Å². The highest BCUT2D eigenvalue weighted by Crippen LogP contribution is 2.36. The molecule has 1 aliphatic rings. The molecule has 1 aliphatic heterocycles. The number of hydrogen-bond donors (Lipinski definition) is 0. The van der Waals surface area contributed by atoms with Gasteiger partial charge in [-0.05, 0) is 35.8 Å². The number of carbonyl (C=O) groups is 2. The maximum Gasteiger partial charge on any atom is 0.261 e. The molecule has 3 rings (SSSR count). The van der Waals surface area contributed by atoms with Crippen molar-refractivity contribution in [3.8, 4) is 0 Å². The Bertz CT molecular complexity index is 899. The van der Waals surface area contributed by atoms with Gasteiger partial charge in [0.05, 0.1) is 0 Å². The molecule has 2 aromatic carbocycles. The highest BCUT2D eigenvalue weighted by atomic mass is 32.2. The summed E-state index contributed by atoms with van der Waals surface area (Å²) in [4.78, 5) is 28.1. The number of rotatable bonds is 14. The van der Waals surface area contributed by atoms with E-state index in [1.54, 1.807) is 6.08 Å². The standard InChI is InChI=1S/C27H35NO2S/c1-3-5-6-7-8-9-10-11-12-13-20-31-24-18-17-23-25-21(24)15-14-16-22(25)26(29)28(19-4-2)27(23)30/h4,14-18H,2-3,5-13,19-20H2,1H3. The van der Waals surface area contributed by atoms with Crippen LogP contribution >= 0.6 is 11.8 Å². The molecule has 3 nitrogen and oxygen atoms in total. The third kappa shape index (κ3) is 5.79. The SMILES string of the molecule is C=CCN1C(=O)c2cccc3c(SCCCCCCCCCCCC)ccc(c23)C1=O. The minimum Gasteiger partial charge on any atom is -0.270 e. The molecule has 0 radical (unpaired) electrons. The van der Waals surface area contributed by atoms with E-state index in [2.05, 4.69) is 13.5 Å². The van der Waals surface area contributed by atoms with E-state index in [1.165, 1.54) is 69.1 Å². The Labute approximate surface area is 191 Å². The second kappa shape index (κ2) is 12.1. The number of unbranched alkanes of at least 4 members (excludes halogenated alkanes) is 9. The highest BCUT2D eigenvalue weighted by molar-refractivity contribution is 7.99. The largest absolute Gasteiger partial charge is 0.270 e. The number of amides is 2. The van der Waals surface area contributed by atoms with Crippen molar-refractivity contribution in [1.82, 2.24) is 4.90 Å². The van der Waals surface area contributed by atoms with Crippen molar-refractivity contribution in [2.75, 3.05) is 12.3 Å². The summed E-state index contributed by atoms with van der Waals surface area (Å²) in [5.74, 6) is 0.624. The van der Waals surface area contributed by atoms with E-state index in [0.717, 1.165) is 21.4 Å². The fraction of sp³-hybridized carbons (Fsp3) is 0.481. The van der Waals surface area contributed by atoms with Gasteiger partial charge in [-0.2, -0.15) is 0 Å². The molecule has 0 spiro atoms. The summed E-state index contributed by atoms with van der Waals surface area (Å²) in [6.45, 7) is 6.18.